The van der Waals surface area contributed by atoms with Gasteiger partial charge in [0, 0.05) is 18.0 Å². The van der Waals surface area contributed by atoms with Crippen LogP contribution in [0.2, 0.25) is 0 Å². The molecule has 0 unspecified atom stereocenters. The first-order valence-corrected chi connectivity index (χ1v) is 7.75. The quantitative estimate of drug-likeness (QED) is 0.852. The Morgan fingerprint density at radius 2 is 2.00 bits per heavy atom. The number of carboxylic acid groups (broad SMARTS) is 1. The van der Waals surface area contributed by atoms with Gasteiger partial charge in [-0.25, -0.2) is 4.79 Å². The van der Waals surface area contributed by atoms with Gasteiger partial charge in [-0.1, -0.05) is 24.0 Å². The van der Waals surface area contributed by atoms with E-state index in [1.807, 2.05) is 24.3 Å². The Hall–Kier alpha value is -3.00. The Morgan fingerprint density at radius 3 is 2.58 bits per heavy atom. The predicted molar refractivity (Wildman–Crippen MR) is 89.9 cm³/mol. The van der Waals surface area contributed by atoms with Gasteiger partial charge in [0.25, 0.3) is 0 Å². The predicted octanol–water partition coefficient (Wildman–Crippen LogP) is 3.14. The Balaban J connectivity index is 1.81. The lowest BCUT2D eigenvalue weighted by molar-refractivity contribution is 0.144. The van der Waals surface area contributed by atoms with E-state index >= 15 is 0 Å². The number of pyridine rings is 1. The van der Waals surface area contributed by atoms with Crippen LogP contribution in [0.25, 0.3) is 0 Å². The van der Waals surface area contributed by atoms with Crippen LogP contribution in [0.5, 0.6) is 5.75 Å². The summed E-state index contributed by atoms with van der Waals surface area (Å²) in [5.74, 6) is 6.82. The zero-order valence-corrected chi connectivity index (χ0v) is 13.4. The monoisotopic (exact) mass is 322 g/mol. The van der Waals surface area contributed by atoms with Gasteiger partial charge in [-0.2, -0.15) is 0 Å². The highest BCUT2D eigenvalue weighted by Crippen LogP contribution is 2.41. The standard InChI is InChI=1S/C19H18N2O3/c1-24-17-9-12-20-13-15(17)6-3-14-4-7-16(8-5-14)19(10-2-11-19)21-18(22)23/h4-5,7-9,12-13,21H,2,10-11H2,1H3,(H,22,23). The molecule has 0 atom stereocenters. The topological polar surface area (TPSA) is 71.5 Å². The molecule has 3 rings (SSSR count). The SMILES string of the molecule is COc1ccncc1C#Cc1ccc(C2(NC(=O)O)CCC2)cc1. The highest BCUT2D eigenvalue weighted by Gasteiger charge is 2.39. The zero-order chi connectivity index (χ0) is 17.0. The first kappa shape index (κ1) is 15.9. The van der Waals surface area contributed by atoms with Crippen molar-refractivity contribution in [1.29, 1.82) is 0 Å². The molecule has 0 saturated heterocycles. The van der Waals surface area contributed by atoms with Gasteiger partial charge in [-0.05, 0) is 43.0 Å². The Morgan fingerprint density at radius 1 is 1.25 bits per heavy atom. The second-order valence-electron chi connectivity index (χ2n) is 5.77. The first-order valence-electron chi connectivity index (χ1n) is 7.75. The second kappa shape index (κ2) is 6.63. The molecule has 5 heteroatoms. The normalized spacial score (nSPS) is 14.7. The molecule has 1 aromatic carbocycles. The molecule has 1 amide bonds. The smallest absolute Gasteiger partial charge is 0.405 e. The summed E-state index contributed by atoms with van der Waals surface area (Å²) in [4.78, 5) is 15.1. The maximum Gasteiger partial charge on any atom is 0.405 e. The summed E-state index contributed by atoms with van der Waals surface area (Å²) in [6.07, 6.45) is 5.03. The molecule has 0 aliphatic heterocycles. The van der Waals surface area contributed by atoms with Crippen molar-refractivity contribution in [3.8, 4) is 17.6 Å². The fourth-order valence-electron chi connectivity index (χ4n) is 2.89. The summed E-state index contributed by atoms with van der Waals surface area (Å²) < 4.78 is 5.25. The van der Waals surface area contributed by atoms with Gasteiger partial charge in [0.2, 0.25) is 0 Å². The molecule has 24 heavy (non-hydrogen) atoms. The number of methoxy groups -OCH3 is 1. The van der Waals surface area contributed by atoms with Crippen molar-refractivity contribution in [3.05, 3.63) is 59.4 Å². The van der Waals surface area contributed by atoms with Gasteiger partial charge in [-0.3, -0.25) is 4.98 Å². The van der Waals surface area contributed by atoms with Crippen molar-refractivity contribution in [3.63, 3.8) is 0 Å². The molecule has 1 saturated carbocycles. The number of nitrogens with one attached hydrogen (secondary N) is 1. The van der Waals surface area contributed by atoms with Crippen molar-refractivity contribution in [2.45, 2.75) is 24.8 Å². The summed E-state index contributed by atoms with van der Waals surface area (Å²) in [6, 6.07) is 9.48. The van der Waals surface area contributed by atoms with E-state index in [2.05, 4.69) is 22.1 Å². The lowest BCUT2D eigenvalue weighted by atomic mass is 9.72. The summed E-state index contributed by atoms with van der Waals surface area (Å²) in [5, 5.41) is 11.7. The van der Waals surface area contributed by atoms with E-state index in [-0.39, 0.29) is 0 Å². The van der Waals surface area contributed by atoms with Crippen LogP contribution in [0, 0.1) is 11.8 Å². The van der Waals surface area contributed by atoms with E-state index in [1.54, 1.807) is 25.6 Å². The molecular formula is C19H18N2O3. The van der Waals surface area contributed by atoms with E-state index in [0.29, 0.717) is 5.75 Å². The average Bonchev–Trinajstić information content (AvgIpc) is 2.57. The Labute approximate surface area is 140 Å². The molecule has 2 aromatic rings. The van der Waals surface area contributed by atoms with Gasteiger partial charge < -0.3 is 15.2 Å². The number of carbonyl (C=O) groups is 1. The van der Waals surface area contributed by atoms with E-state index in [1.165, 1.54) is 0 Å². The number of amides is 1. The molecule has 0 radical (unpaired) electrons. The average molecular weight is 322 g/mol. The number of hydrogen-bond donors (Lipinski definition) is 2. The molecule has 122 valence electrons. The third-order valence-corrected chi connectivity index (χ3v) is 4.33. The van der Waals surface area contributed by atoms with Gasteiger partial charge in [0.15, 0.2) is 0 Å². The lowest BCUT2D eigenvalue weighted by Crippen LogP contribution is -2.50. The van der Waals surface area contributed by atoms with Crippen LogP contribution in [-0.4, -0.2) is 23.3 Å². The molecule has 1 aliphatic rings. The summed E-state index contributed by atoms with van der Waals surface area (Å²) in [6.45, 7) is 0. The lowest BCUT2D eigenvalue weighted by Gasteiger charge is -2.42. The fourth-order valence-corrected chi connectivity index (χ4v) is 2.89. The van der Waals surface area contributed by atoms with Gasteiger partial charge >= 0.3 is 6.09 Å². The molecular weight excluding hydrogens is 304 g/mol. The molecule has 5 nitrogen and oxygen atoms in total. The molecule has 2 N–H and O–H groups in total. The summed E-state index contributed by atoms with van der Waals surface area (Å²) in [7, 11) is 1.60. The second-order valence-corrected chi connectivity index (χ2v) is 5.77. The molecule has 1 fully saturated rings. The Bertz CT molecular complexity index is 799. The van der Waals surface area contributed by atoms with E-state index in [9.17, 15) is 4.79 Å². The molecule has 1 aromatic heterocycles. The van der Waals surface area contributed by atoms with E-state index < -0.39 is 11.6 Å². The van der Waals surface area contributed by atoms with E-state index in [4.69, 9.17) is 9.84 Å². The maximum absolute atomic E-state index is 11.0. The van der Waals surface area contributed by atoms with Crippen molar-refractivity contribution in [2.75, 3.05) is 7.11 Å². The third-order valence-electron chi connectivity index (χ3n) is 4.33. The van der Waals surface area contributed by atoms with Crippen molar-refractivity contribution in [2.24, 2.45) is 0 Å². The molecule has 1 aliphatic carbocycles. The van der Waals surface area contributed by atoms with Crippen LogP contribution in [0.15, 0.2) is 42.7 Å². The van der Waals surface area contributed by atoms with Crippen LogP contribution >= 0.6 is 0 Å². The minimum absolute atomic E-state index is 0.440. The third kappa shape index (κ3) is 3.18. The Kier molecular flexibility index (Phi) is 4.39. The van der Waals surface area contributed by atoms with Crippen LogP contribution in [0.3, 0.4) is 0 Å². The van der Waals surface area contributed by atoms with E-state index in [0.717, 1.165) is 36.0 Å². The number of rotatable bonds is 3. The summed E-state index contributed by atoms with van der Waals surface area (Å²) >= 11 is 0. The van der Waals surface area contributed by atoms with Crippen molar-refractivity contribution >= 4 is 6.09 Å². The fraction of sp³-hybridized carbons (Fsp3) is 0.263. The van der Waals surface area contributed by atoms with Gasteiger partial charge in [0.1, 0.15) is 5.75 Å². The minimum atomic E-state index is -0.984. The minimum Gasteiger partial charge on any atom is -0.495 e. The highest BCUT2D eigenvalue weighted by atomic mass is 16.5. The molecule has 1 heterocycles. The van der Waals surface area contributed by atoms with Crippen LogP contribution in [0.1, 0.15) is 36.0 Å². The van der Waals surface area contributed by atoms with Crippen molar-refractivity contribution in [1.82, 2.24) is 10.3 Å². The maximum atomic E-state index is 11.0. The van der Waals surface area contributed by atoms with Crippen LogP contribution in [-0.2, 0) is 5.54 Å². The zero-order valence-electron chi connectivity index (χ0n) is 13.4. The van der Waals surface area contributed by atoms with Crippen LogP contribution in [0.4, 0.5) is 4.79 Å². The van der Waals surface area contributed by atoms with Crippen molar-refractivity contribution < 1.29 is 14.6 Å². The molecule has 0 bridgehead atoms. The number of nitrogens with zero attached hydrogens (tertiary/aromatic N) is 1. The summed E-state index contributed by atoms with van der Waals surface area (Å²) in [5.41, 5.74) is 2.13. The van der Waals surface area contributed by atoms with Gasteiger partial charge in [-0.15, -0.1) is 0 Å². The molecule has 0 spiro atoms. The van der Waals surface area contributed by atoms with Crippen LogP contribution < -0.4 is 10.1 Å². The number of aromatic nitrogens is 1. The number of hydrogen-bond acceptors (Lipinski definition) is 3. The first-order chi connectivity index (χ1) is 11.6. The highest BCUT2D eigenvalue weighted by molar-refractivity contribution is 5.66. The van der Waals surface area contributed by atoms with Gasteiger partial charge in [0.05, 0.1) is 18.2 Å². The largest absolute Gasteiger partial charge is 0.495 e. The number of benzene rings is 1. The number of ether oxygens (including phenoxy) is 1.